The minimum absolute atomic E-state index is 0.0332. The van der Waals surface area contributed by atoms with E-state index in [1.807, 2.05) is 18.2 Å². The van der Waals surface area contributed by atoms with Crippen LogP contribution in [0.25, 0.3) is 0 Å². The van der Waals surface area contributed by atoms with E-state index in [2.05, 4.69) is 62.2 Å². The smallest absolute Gasteiger partial charge is 0.200 e. The third-order valence-corrected chi connectivity index (χ3v) is 7.77. The van der Waals surface area contributed by atoms with Gasteiger partial charge in [0.15, 0.2) is 11.5 Å². The molecule has 0 bridgehead atoms. The maximum absolute atomic E-state index is 13.6. The average molecular weight is 536 g/mol. The van der Waals surface area contributed by atoms with Crippen LogP contribution in [0.1, 0.15) is 42.0 Å². The number of benzene rings is 3. The Hall–Kier alpha value is -2.90. The van der Waals surface area contributed by atoms with Gasteiger partial charge in [0.05, 0.1) is 18.9 Å². The van der Waals surface area contributed by atoms with Gasteiger partial charge >= 0.3 is 0 Å². The minimum Gasteiger partial charge on any atom is -0.493 e. The Balaban J connectivity index is 1.34. The molecular weight excluding hydrogens is 509 g/mol. The number of piperidine rings is 1. The summed E-state index contributed by atoms with van der Waals surface area (Å²) < 4.78 is 27.1. The molecule has 1 unspecified atom stereocenters. The molecule has 3 aromatic carbocycles. The highest BCUT2D eigenvalue weighted by atomic mass is 79.9. The average Bonchev–Trinajstić information content (AvgIpc) is 3.34. The summed E-state index contributed by atoms with van der Waals surface area (Å²) in [6.45, 7) is 2.75. The fourth-order valence-electron chi connectivity index (χ4n) is 5.51. The monoisotopic (exact) mass is 535 g/mol. The molecule has 5 nitrogen and oxygen atoms in total. The molecule has 3 aliphatic rings. The number of hydrogen-bond acceptors (Lipinski definition) is 5. The molecule has 3 aromatic rings. The van der Waals surface area contributed by atoms with Crippen LogP contribution in [0.3, 0.4) is 0 Å². The number of fused-ring (bicyclic) bond motifs is 4. The number of nitrogens with zero attached hydrogens (tertiary/aromatic N) is 3. The van der Waals surface area contributed by atoms with Crippen LogP contribution in [0.2, 0.25) is 0 Å². The molecule has 1 fully saturated rings. The third kappa shape index (κ3) is 4.10. The zero-order valence-corrected chi connectivity index (χ0v) is 21.2. The van der Waals surface area contributed by atoms with Gasteiger partial charge in [-0.25, -0.2) is 9.40 Å². The van der Waals surface area contributed by atoms with Gasteiger partial charge in [-0.3, -0.25) is 4.90 Å². The third-order valence-electron chi connectivity index (χ3n) is 7.31. The van der Waals surface area contributed by atoms with Crippen LogP contribution in [-0.2, 0) is 6.54 Å². The van der Waals surface area contributed by atoms with Crippen LogP contribution >= 0.6 is 15.9 Å². The lowest BCUT2D eigenvalue weighted by molar-refractivity contribution is -0.151. The van der Waals surface area contributed by atoms with Crippen LogP contribution in [0.15, 0.2) is 76.3 Å². The molecular formula is C28H27BrFN3O2. The maximum Gasteiger partial charge on any atom is 0.200 e. The lowest BCUT2D eigenvalue weighted by Crippen LogP contribution is -2.59. The summed E-state index contributed by atoms with van der Waals surface area (Å²) in [4.78, 5) is 2.48. The van der Waals surface area contributed by atoms with Crippen molar-refractivity contribution < 1.29 is 13.9 Å². The van der Waals surface area contributed by atoms with E-state index in [9.17, 15) is 4.39 Å². The fourth-order valence-corrected chi connectivity index (χ4v) is 5.97. The van der Waals surface area contributed by atoms with E-state index in [-0.39, 0.29) is 11.9 Å². The minimum atomic E-state index is -0.548. The van der Waals surface area contributed by atoms with Crippen LogP contribution < -0.4 is 9.47 Å². The predicted octanol–water partition coefficient (Wildman–Crippen LogP) is 6.13. The quantitative estimate of drug-likeness (QED) is 0.402. The molecule has 6 rings (SSSR count). The van der Waals surface area contributed by atoms with Crippen molar-refractivity contribution in [3.63, 3.8) is 0 Å². The number of rotatable bonds is 4. The number of methoxy groups -OCH3 is 1. The second kappa shape index (κ2) is 8.95. The van der Waals surface area contributed by atoms with E-state index in [4.69, 9.17) is 14.6 Å². The number of ether oxygens (including phenoxy) is 2. The van der Waals surface area contributed by atoms with Crippen molar-refractivity contribution in [1.82, 2.24) is 9.91 Å². The largest absolute Gasteiger partial charge is 0.493 e. The lowest BCUT2D eigenvalue weighted by atomic mass is 9.90. The Labute approximate surface area is 213 Å². The van der Waals surface area contributed by atoms with Gasteiger partial charge in [-0.2, -0.15) is 5.10 Å². The highest BCUT2D eigenvalue weighted by molar-refractivity contribution is 9.10. The molecule has 0 aliphatic carbocycles. The number of hydrogen-bond donors (Lipinski definition) is 0. The van der Waals surface area contributed by atoms with Crippen molar-refractivity contribution in [1.29, 1.82) is 0 Å². The van der Waals surface area contributed by atoms with E-state index in [1.54, 1.807) is 7.11 Å². The van der Waals surface area contributed by atoms with Crippen molar-refractivity contribution in [3.05, 3.63) is 93.7 Å². The van der Waals surface area contributed by atoms with Crippen molar-refractivity contribution in [2.24, 2.45) is 5.10 Å². The van der Waals surface area contributed by atoms with Gasteiger partial charge in [0.2, 0.25) is 5.72 Å². The van der Waals surface area contributed by atoms with E-state index >= 15 is 0 Å². The summed E-state index contributed by atoms with van der Waals surface area (Å²) >= 11 is 3.63. The van der Waals surface area contributed by atoms with Gasteiger partial charge in [-0.15, -0.1) is 0 Å². The topological polar surface area (TPSA) is 37.3 Å². The molecule has 0 saturated carbocycles. The van der Waals surface area contributed by atoms with Gasteiger partial charge in [0.1, 0.15) is 5.82 Å². The summed E-state index contributed by atoms with van der Waals surface area (Å²) in [6, 6.07) is 21.3. The van der Waals surface area contributed by atoms with Crippen molar-refractivity contribution in [2.75, 3.05) is 20.2 Å². The fraction of sp³-hybridized carbons (Fsp3) is 0.321. The molecule has 7 heteroatoms. The number of hydrazone groups is 1. The first-order chi connectivity index (χ1) is 17.0. The summed E-state index contributed by atoms with van der Waals surface area (Å²) in [6.07, 6.45) is 2.39. The highest BCUT2D eigenvalue weighted by Crippen LogP contribution is 2.53. The Morgan fingerprint density at radius 2 is 1.83 bits per heavy atom. The Morgan fingerprint density at radius 1 is 1.09 bits per heavy atom. The molecule has 35 heavy (non-hydrogen) atoms. The van der Waals surface area contributed by atoms with Crippen molar-refractivity contribution in [2.45, 2.75) is 37.6 Å². The zero-order chi connectivity index (χ0) is 24.0. The summed E-state index contributed by atoms with van der Waals surface area (Å²) in [5, 5.41) is 7.29. The molecule has 180 valence electrons. The normalized spacial score (nSPS) is 20.7. The van der Waals surface area contributed by atoms with E-state index in [1.165, 1.54) is 17.7 Å². The zero-order valence-electron chi connectivity index (χ0n) is 19.6. The Bertz CT molecular complexity index is 1260. The standard InChI is InChI=1S/C28H27BrFN3O2/c1-34-26-16-21(29)15-23-25-17-24(20-7-9-22(30)10-8-20)31-33(25)28(35-27(23)26)11-13-32(14-12-28)18-19-5-3-2-4-6-19/h2-10,15-16,25H,11-14,17-18H2,1H3. The predicted molar refractivity (Wildman–Crippen MR) is 137 cm³/mol. The molecule has 1 atom stereocenters. The van der Waals surface area contributed by atoms with Crippen molar-refractivity contribution >= 4 is 21.6 Å². The molecule has 3 aliphatic heterocycles. The second-order valence-electron chi connectivity index (χ2n) is 9.45. The number of likely N-dealkylation sites (tertiary alicyclic amines) is 1. The Morgan fingerprint density at radius 3 is 2.54 bits per heavy atom. The first kappa shape index (κ1) is 22.6. The summed E-state index contributed by atoms with van der Waals surface area (Å²) in [7, 11) is 1.68. The maximum atomic E-state index is 13.6. The van der Waals surface area contributed by atoms with Gasteiger partial charge in [0.25, 0.3) is 0 Å². The van der Waals surface area contributed by atoms with Gasteiger partial charge < -0.3 is 9.47 Å². The number of halogens is 2. The van der Waals surface area contributed by atoms with Gasteiger partial charge in [-0.05, 0) is 35.4 Å². The molecule has 0 amide bonds. The molecule has 0 radical (unpaired) electrons. The van der Waals surface area contributed by atoms with Gasteiger partial charge in [0, 0.05) is 48.9 Å². The molecule has 3 heterocycles. The SMILES string of the molecule is COc1cc(Br)cc2c1OC1(CCN(Cc3ccccc3)CC1)N1N=C(c3ccc(F)cc3)CC21. The van der Waals surface area contributed by atoms with Crippen LogP contribution in [-0.4, -0.2) is 41.5 Å². The second-order valence-corrected chi connectivity index (χ2v) is 10.4. The lowest BCUT2D eigenvalue weighted by Gasteiger charge is -2.51. The highest BCUT2D eigenvalue weighted by Gasteiger charge is 2.52. The molecule has 1 spiro atoms. The first-order valence-electron chi connectivity index (χ1n) is 12.0. The van der Waals surface area contributed by atoms with Gasteiger partial charge in [-0.1, -0.05) is 58.4 Å². The molecule has 0 aromatic heterocycles. The van der Waals surface area contributed by atoms with E-state index in [0.29, 0.717) is 0 Å². The summed E-state index contributed by atoms with van der Waals surface area (Å²) in [5.74, 6) is 1.30. The Kier molecular flexibility index (Phi) is 5.77. The van der Waals surface area contributed by atoms with Crippen LogP contribution in [0, 0.1) is 5.82 Å². The van der Waals surface area contributed by atoms with E-state index < -0.39 is 5.72 Å². The van der Waals surface area contributed by atoms with Crippen LogP contribution in [0.4, 0.5) is 4.39 Å². The van der Waals surface area contributed by atoms with Crippen LogP contribution in [0.5, 0.6) is 11.5 Å². The molecule has 1 saturated heterocycles. The first-order valence-corrected chi connectivity index (χ1v) is 12.8. The molecule has 0 N–H and O–H groups in total. The van der Waals surface area contributed by atoms with Crippen molar-refractivity contribution in [3.8, 4) is 11.5 Å². The van der Waals surface area contributed by atoms with E-state index in [0.717, 1.165) is 71.7 Å². The summed E-state index contributed by atoms with van der Waals surface area (Å²) in [5.41, 5.74) is 3.74.